The number of benzene rings is 1. The fourth-order valence-corrected chi connectivity index (χ4v) is 5.22. The topological polar surface area (TPSA) is 80.8 Å². The second-order valence-electron chi connectivity index (χ2n) is 8.64. The van der Waals surface area contributed by atoms with Crippen LogP contribution < -0.4 is 14.8 Å². The number of carbonyl (C=O) groups is 2. The average Bonchev–Trinajstić information content (AvgIpc) is 3.59. The molecule has 1 aliphatic rings. The lowest BCUT2D eigenvalue weighted by molar-refractivity contribution is -0.141. The molecule has 2 amide bonds. The van der Waals surface area contributed by atoms with Crippen molar-refractivity contribution in [2.24, 2.45) is 0 Å². The molecule has 1 N–H and O–H groups in total. The van der Waals surface area contributed by atoms with E-state index in [9.17, 15) is 9.59 Å². The molecule has 2 aromatic heterocycles. The monoisotopic (exact) mass is 493 g/mol. The Balaban J connectivity index is 1.76. The van der Waals surface area contributed by atoms with Crippen molar-refractivity contribution >= 4 is 23.2 Å². The maximum Gasteiger partial charge on any atom is 0.247 e. The van der Waals surface area contributed by atoms with Crippen molar-refractivity contribution in [3.05, 3.63) is 76.2 Å². The van der Waals surface area contributed by atoms with E-state index in [2.05, 4.69) is 10.3 Å². The third kappa shape index (κ3) is 6.19. The molecular weight excluding hydrogens is 462 g/mol. The van der Waals surface area contributed by atoms with Crippen LogP contribution in [0.5, 0.6) is 11.5 Å². The first-order chi connectivity index (χ1) is 17.1. The van der Waals surface area contributed by atoms with Crippen molar-refractivity contribution in [1.29, 1.82) is 0 Å². The van der Waals surface area contributed by atoms with E-state index in [-0.39, 0.29) is 30.8 Å². The van der Waals surface area contributed by atoms with E-state index in [1.165, 1.54) is 11.3 Å². The molecule has 1 saturated carbocycles. The standard InChI is InChI=1S/C27H31N3O4S/c1-33-21-11-12-23(24(15-21)34-2)26(27(32)29-20-8-3-4-9-20)30(18-19-7-5-13-28-17-19)25(31)16-22-10-6-14-35-22/h5-7,10-15,17,20,26H,3-4,8-9,16,18H2,1-2H3,(H,29,32)/t26-/m0/s1. The normalized spacial score (nSPS) is 14.3. The highest BCUT2D eigenvalue weighted by Crippen LogP contribution is 2.35. The van der Waals surface area contributed by atoms with Gasteiger partial charge in [0.1, 0.15) is 17.5 Å². The SMILES string of the molecule is COc1ccc([C@@H](C(=O)NC2CCCC2)N(Cc2cccnc2)C(=O)Cc2cccs2)c(OC)c1. The van der Waals surface area contributed by atoms with E-state index in [1.807, 2.05) is 35.7 Å². The lowest BCUT2D eigenvalue weighted by atomic mass is 10.0. The summed E-state index contributed by atoms with van der Waals surface area (Å²) in [5.41, 5.74) is 1.46. The Morgan fingerprint density at radius 2 is 1.97 bits per heavy atom. The van der Waals surface area contributed by atoms with Crippen LogP contribution in [0.2, 0.25) is 0 Å². The van der Waals surface area contributed by atoms with Crippen LogP contribution >= 0.6 is 11.3 Å². The van der Waals surface area contributed by atoms with Crippen LogP contribution in [0.4, 0.5) is 0 Å². The molecule has 3 aromatic rings. The first-order valence-electron chi connectivity index (χ1n) is 11.8. The Labute approximate surface area is 210 Å². The zero-order chi connectivity index (χ0) is 24.6. The first kappa shape index (κ1) is 24.7. The van der Waals surface area contributed by atoms with E-state index >= 15 is 0 Å². The quantitative estimate of drug-likeness (QED) is 0.449. The summed E-state index contributed by atoms with van der Waals surface area (Å²) in [6, 6.07) is 12.2. The highest BCUT2D eigenvalue weighted by Gasteiger charge is 2.35. The van der Waals surface area contributed by atoms with Crippen LogP contribution in [0.3, 0.4) is 0 Å². The van der Waals surface area contributed by atoms with Gasteiger partial charge in [-0.25, -0.2) is 0 Å². The summed E-state index contributed by atoms with van der Waals surface area (Å²) in [6.07, 6.45) is 7.72. The van der Waals surface area contributed by atoms with E-state index in [0.29, 0.717) is 17.1 Å². The smallest absolute Gasteiger partial charge is 0.247 e. The number of hydrogen-bond acceptors (Lipinski definition) is 6. The molecule has 184 valence electrons. The summed E-state index contributed by atoms with van der Waals surface area (Å²) in [7, 11) is 3.14. The third-order valence-electron chi connectivity index (χ3n) is 6.30. The maximum atomic E-state index is 13.9. The van der Waals surface area contributed by atoms with Gasteiger partial charge in [-0.15, -0.1) is 11.3 Å². The van der Waals surface area contributed by atoms with Crippen LogP contribution in [0.15, 0.2) is 60.2 Å². The Kier molecular flexibility index (Phi) is 8.36. The second kappa shape index (κ2) is 11.8. The average molecular weight is 494 g/mol. The van der Waals surface area contributed by atoms with Gasteiger partial charge >= 0.3 is 0 Å². The lowest BCUT2D eigenvalue weighted by Crippen LogP contribution is -2.46. The minimum atomic E-state index is -0.871. The van der Waals surface area contributed by atoms with E-state index in [4.69, 9.17) is 9.47 Å². The van der Waals surface area contributed by atoms with Crippen molar-refractivity contribution in [2.45, 2.75) is 50.7 Å². The van der Waals surface area contributed by atoms with E-state index < -0.39 is 6.04 Å². The summed E-state index contributed by atoms with van der Waals surface area (Å²) in [5, 5.41) is 5.15. The molecule has 0 radical (unpaired) electrons. The van der Waals surface area contributed by atoms with E-state index in [0.717, 1.165) is 36.1 Å². The number of hydrogen-bond donors (Lipinski definition) is 1. The van der Waals surface area contributed by atoms with Crippen molar-refractivity contribution in [3.63, 3.8) is 0 Å². The van der Waals surface area contributed by atoms with Gasteiger partial charge in [0.2, 0.25) is 11.8 Å². The Morgan fingerprint density at radius 3 is 2.63 bits per heavy atom. The van der Waals surface area contributed by atoms with Crippen molar-refractivity contribution in [2.75, 3.05) is 14.2 Å². The molecule has 35 heavy (non-hydrogen) atoms. The summed E-state index contributed by atoms with van der Waals surface area (Å²) in [6.45, 7) is 0.246. The Morgan fingerprint density at radius 1 is 1.14 bits per heavy atom. The molecule has 0 aliphatic heterocycles. The zero-order valence-corrected chi connectivity index (χ0v) is 20.9. The van der Waals surface area contributed by atoms with Crippen LogP contribution in [-0.2, 0) is 22.6 Å². The Hall–Kier alpha value is -3.39. The van der Waals surface area contributed by atoms with Gasteiger partial charge in [0.15, 0.2) is 0 Å². The highest BCUT2D eigenvalue weighted by molar-refractivity contribution is 7.10. The largest absolute Gasteiger partial charge is 0.497 e. The number of amides is 2. The fourth-order valence-electron chi connectivity index (χ4n) is 4.52. The summed E-state index contributed by atoms with van der Waals surface area (Å²) >= 11 is 1.53. The molecule has 0 spiro atoms. The zero-order valence-electron chi connectivity index (χ0n) is 20.1. The molecule has 1 aromatic carbocycles. The fraction of sp³-hybridized carbons (Fsp3) is 0.370. The molecule has 1 atom stereocenters. The van der Waals surface area contributed by atoms with Gasteiger partial charge in [0, 0.05) is 41.5 Å². The second-order valence-corrected chi connectivity index (χ2v) is 9.67. The van der Waals surface area contributed by atoms with Gasteiger partial charge in [-0.3, -0.25) is 14.6 Å². The maximum absolute atomic E-state index is 13.9. The predicted molar refractivity (Wildman–Crippen MR) is 135 cm³/mol. The van der Waals surface area contributed by atoms with Gasteiger partial charge < -0.3 is 19.7 Å². The number of ether oxygens (including phenoxy) is 2. The Bertz CT molecular complexity index is 1110. The molecule has 1 fully saturated rings. The number of nitrogens with one attached hydrogen (secondary N) is 1. The van der Waals surface area contributed by atoms with Crippen LogP contribution in [0, 0.1) is 0 Å². The third-order valence-corrected chi connectivity index (χ3v) is 7.17. The molecule has 2 heterocycles. The molecular formula is C27H31N3O4S. The van der Waals surface area contributed by atoms with Crippen LogP contribution in [-0.4, -0.2) is 42.0 Å². The molecule has 0 bridgehead atoms. The van der Waals surface area contributed by atoms with Crippen molar-refractivity contribution < 1.29 is 19.1 Å². The molecule has 1 aliphatic carbocycles. The van der Waals surface area contributed by atoms with Gasteiger partial charge in [0.25, 0.3) is 0 Å². The number of rotatable bonds is 10. The molecule has 0 saturated heterocycles. The van der Waals surface area contributed by atoms with Gasteiger partial charge in [-0.1, -0.05) is 25.0 Å². The van der Waals surface area contributed by atoms with Gasteiger partial charge in [0.05, 0.1) is 20.6 Å². The number of thiophene rings is 1. The number of pyridine rings is 1. The summed E-state index contributed by atoms with van der Waals surface area (Å²) < 4.78 is 11.0. The number of carbonyl (C=O) groups excluding carboxylic acids is 2. The minimum Gasteiger partial charge on any atom is -0.497 e. The first-order valence-corrected chi connectivity index (χ1v) is 12.7. The summed E-state index contributed by atoms with van der Waals surface area (Å²) in [5.74, 6) is 0.768. The number of nitrogens with zero attached hydrogens (tertiary/aromatic N) is 2. The highest BCUT2D eigenvalue weighted by atomic mass is 32.1. The predicted octanol–water partition coefficient (Wildman–Crippen LogP) is 4.53. The van der Waals surface area contributed by atoms with Gasteiger partial charge in [-0.2, -0.15) is 0 Å². The number of methoxy groups -OCH3 is 2. The lowest BCUT2D eigenvalue weighted by Gasteiger charge is -2.33. The molecule has 4 rings (SSSR count). The minimum absolute atomic E-state index is 0.113. The molecule has 7 nitrogen and oxygen atoms in total. The summed E-state index contributed by atoms with van der Waals surface area (Å²) in [4.78, 5) is 34.4. The van der Waals surface area contributed by atoms with E-state index in [1.54, 1.807) is 43.6 Å². The molecule has 0 unspecified atom stereocenters. The van der Waals surface area contributed by atoms with Crippen LogP contribution in [0.25, 0.3) is 0 Å². The van der Waals surface area contributed by atoms with Crippen molar-refractivity contribution in [3.8, 4) is 11.5 Å². The van der Waals surface area contributed by atoms with Crippen LogP contribution in [0.1, 0.15) is 47.7 Å². The van der Waals surface area contributed by atoms with Crippen molar-refractivity contribution in [1.82, 2.24) is 15.2 Å². The van der Waals surface area contributed by atoms with Gasteiger partial charge in [-0.05, 0) is 48.1 Å². The molecule has 8 heteroatoms. The number of aromatic nitrogens is 1.